The number of aliphatic carboxylic acids is 1. The molecule has 1 fully saturated rings. The van der Waals surface area contributed by atoms with E-state index < -0.39 is 23.9 Å². The van der Waals surface area contributed by atoms with Gasteiger partial charge in [0, 0.05) is 6.54 Å². The predicted molar refractivity (Wildman–Crippen MR) is 76.2 cm³/mol. The number of carbonyl (C=O) groups is 2. The molecular formula is C14H15BrFNO4. The van der Waals surface area contributed by atoms with Crippen molar-refractivity contribution in [1.29, 1.82) is 0 Å². The van der Waals surface area contributed by atoms with Crippen LogP contribution in [0.1, 0.15) is 24.9 Å². The molecule has 0 bridgehead atoms. The smallest absolute Gasteiger partial charge is 0.335 e. The number of hydrogen-bond acceptors (Lipinski definition) is 3. The summed E-state index contributed by atoms with van der Waals surface area (Å²) in [5.41, 5.74) is 0.407. The summed E-state index contributed by atoms with van der Waals surface area (Å²) in [5, 5.41) is 9.30. The summed E-state index contributed by atoms with van der Waals surface area (Å²) in [4.78, 5) is 24.8. The van der Waals surface area contributed by atoms with Crippen LogP contribution in [0.2, 0.25) is 0 Å². The van der Waals surface area contributed by atoms with Crippen LogP contribution in [0.25, 0.3) is 0 Å². The minimum absolute atomic E-state index is 0.271. The maximum Gasteiger partial charge on any atom is 0.335 e. The molecule has 1 heterocycles. The second kappa shape index (κ2) is 6.53. The number of benzene rings is 1. The van der Waals surface area contributed by atoms with E-state index in [1.165, 1.54) is 17.0 Å². The Morgan fingerprint density at radius 2 is 2.29 bits per heavy atom. The molecule has 2 atom stereocenters. The maximum atomic E-state index is 13.7. The van der Waals surface area contributed by atoms with E-state index in [4.69, 9.17) is 4.74 Å². The van der Waals surface area contributed by atoms with E-state index in [1.54, 1.807) is 6.07 Å². The van der Waals surface area contributed by atoms with Gasteiger partial charge in [0.15, 0.2) is 6.10 Å². The van der Waals surface area contributed by atoms with Gasteiger partial charge in [0.05, 0.1) is 10.5 Å². The van der Waals surface area contributed by atoms with Crippen molar-refractivity contribution in [2.24, 2.45) is 0 Å². The van der Waals surface area contributed by atoms with Gasteiger partial charge in [0.2, 0.25) is 5.91 Å². The highest BCUT2D eigenvalue weighted by atomic mass is 79.9. The first kappa shape index (κ1) is 15.9. The van der Waals surface area contributed by atoms with Crippen LogP contribution in [-0.2, 0) is 14.3 Å². The molecular weight excluding hydrogens is 345 g/mol. The van der Waals surface area contributed by atoms with E-state index in [1.807, 2.05) is 6.92 Å². The molecule has 5 nitrogen and oxygen atoms in total. The van der Waals surface area contributed by atoms with E-state index in [9.17, 15) is 19.1 Å². The van der Waals surface area contributed by atoms with Gasteiger partial charge in [0.1, 0.15) is 12.4 Å². The fourth-order valence-electron chi connectivity index (χ4n) is 2.42. The molecule has 1 saturated heterocycles. The van der Waals surface area contributed by atoms with E-state index in [0.717, 1.165) is 0 Å². The first-order valence-corrected chi connectivity index (χ1v) is 7.33. The molecule has 21 heavy (non-hydrogen) atoms. The number of amides is 1. The Labute approximate surface area is 129 Å². The summed E-state index contributed by atoms with van der Waals surface area (Å²) < 4.78 is 19.2. The van der Waals surface area contributed by atoms with E-state index in [0.29, 0.717) is 18.5 Å². The first-order chi connectivity index (χ1) is 9.95. The maximum absolute atomic E-state index is 13.7. The van der Waals surface area contributed by atoms with Gasteiger partial charge in [-0.05, 0) is 40.0 Å². The van der Waals surface area contributed by atoms with Crippen LogP contribution >= 0.6 is 15.9 Å². The highest BCUT2D eigenvalue weighted by molar-refractivity contribution is 9.10. The number of halogens is 2. The molecule has 1 aliphatic rings. The van der Waals surface area contributed by atoms with E-state index >= 15 is 0 Å². The van der Waals surface area contributed by atoms with Gasteiger partial charge in [-0.2, -0.15) is 0 Å². The summed E-state index contributed by atoms with van der Waals surface area (Å²) in [5.74, 6) is -1.97. The molecule has 114 valence electrons. The third kappa shape index (κ3) is 3.24. The van der Waals surface area contributed by atoms with Crippen molar-refractivity contribution in [3.8, 4) is 0 Å². The summed E-state index contributed by atoms with van der Waals surface area (Å²) in [6, 6.07) is 3.49. The third-order valence-electron chi connectivity index (χ3n) is 3.32. The molecule has 1 aromatic carbocycles. The van der Waals surface area contributed by atoms with E-state index in [2.05, 4.69) is 15.9 Å². The summed E-state index contributed by atoms with van der Waals surface area (Å²) in [6.07, 6.45) is -0.525. The molecule has 1 aromatic rings. The van der Waals surface area contributed by atoms with Crippen LogP contribution < -0.4 is 0 Å². The highest BCUT2D eigenvalue weighted by Crippen LogP contribution is 2.32. The van der Waals surface area contributed by atoms with Crippen LogP contribution in [0.4, 0.5) is 4.39 Å². The number of rotatable bonds is 4. The molecule has 0 aromatic heterocycles. The number of carbonyl (C=O) groups excluding carboxylic acids is 1. The Morgan fingerprint density at radius 3 is 2.86 bits per heavy atom. The van der Waals surface area contributed by atoms with Gasteiger partial charge < -0.3 is 14.7 Å². The van der Waals surface area contributed by atoms with Crippen molar-refractivity contribution in [2.75, 3.05) is 13.2 Å². The van der Waals surface area contributed by atoms with Gasteiger partial charge in [-0.25, -0.2) is 9.18 Å². The van der Waals surface area contributed by atoms with E-state index in [-0.39, 0.29) is 17.0 Å². The van der Waals surface area contributed by atoms with Gasteiger partial charge in [-0.15, -0.1) is 0 Å². The molecule has 0 radical (unpaired) electrons. The number of carboxylic acids is 1. The minimum atomic E-state index is -1.20. The lowest BCUT2D eigenvalue weighted by Gasteiger charge is -2.39. The van der Waals surface area contributed by atoms with Crippen LogP contribution in [0.15, 0.2) is 22.7 Å². The van der Waals surface area contributed by atoms with Crippen molar-refractivity contribution in [3.63, 3.8) is 0 Å². The topological polar surface area (TPSA) is 66.8 Å². The summed E-state index contributed by atoms with van der Waals surface area (Å²) in [6.45, 7) is 2.01. The zero-order chi connectivity index (χ0) is 15.6. The third-order valence-corrected chi connectivity index (χ3v) is 3.97. The van der Waals surface area contributed by atoms with Crippen molar-refractivity contribution in [2.45, 2.75) is 25.5 Å². The summed E-state index contributed by atoms with van der Waals surface area (Å²) in [7, 11) is 0. The highest BCUT2D eigenvalue weighted by Gasteiger charge is 2.41. The zero-order valence-electron chi connectivity index (χ0n) is 11.4. The molecule has 2 unspecified atom stereocenters. The molecule has 0 spiro atoms. The average Bonchev–Trinajstić information content (AvgIpc) is 2.44. The van der Waals surface area contributed by atoms with Gasteiger partial charge in [-0.1, -0.05) is 13.0 Å². The monoisotopic (exact) mass is 359 g/mol. The fraction of sp³-hybridized carbons (Fsp3) is 0.429. The quantitative estimate of drug-likeness (QED) is 0.895. The van der Waals surface area contributed by atoms with Crippen molar-refractivity contribution < 1.29 is 23.8 Å². The lowest BCUT2D eigenvalue weighted by atomic mass is 9.97. The van der Waals surface area contributed by atoms with Crippen molar-refractivity contribution in [1.82, 2.24) is 4.90 Å². The predicted octanol–water partition coefficient (Wildman–Crippen LogP) is 2.35. The lowest BCUT2D eigenvalue weighted by molar-refractivity contribution is -0.173. The van der Waals surface area contributed by atoms with Gasteiger partial charge in [0.25, 0.3) is 0 Å². The first-order valence-electron chi connectivity index (χ1n) is 6.54. The number of ether oxygens (including phenoxy) is 1. The number of hydrogen-bond donors (Lipinski definition) is 1. The standard InChI is InChI=1S/C14H15BrFNO4/c1-2-5-17-11(18)7-21-13(14(19)20)12(17)8-3-4-9(15)10(16)6-8/h3-4,6,12-13H,2,5,7H2,1H3,(H,19,20). The Kier molecular flexibility index (Phi) is 4.95. The second-order valence-corrected chi connectivity index (χ2v) is 5.63. The molecule has 1 amide bonds. The van der Waals surface area contributed by atoms with Crippen molar-refractivity contribution >= 4 is 27.8 Å². The van der Waals surface area contributed by atoms with Crippen LogP contribution in [0, 0.1) is 5.82 Å². The number of morpholine rings is 1. The Balaban J connectivity index is 2.45. The number of nitrogens with zero attached hydrogens (tertiary/aromatic N) is 1. The molecule has 1 N–H and O–H groups in total. The van der Waals surface area contributed by atoms with Crippen LogP contribution in [0.3, 0.4) is 0 Å². The van der Waals surface area contributed by atoms with Crippen molar-refractivity contribution in [3.05, 3.63) is 34.1 Å². The average molecular weight is 360 g/mol. The minimum Gasteiger partial charge on any atom is -0.479 e. The van der Waals surface area contributed by atoms with Crippen LogP contribution in [0.5, 0.6) is 0 Å². The number of carboxylic acid groups (broad SMARTS) is 1. The van der Waals surface area contributed by atoms with Crippen LogP contribution in [-0.4, -0.2) is 41.1 Å². The summed E-state index contributed by atoms with van der Waals surface area (Å²) >= 11 is 3.05. The molecule has 7 heteroatoms. The zero-order valence-corrected chi connectivity index (χ0v) is 13.0. The Bertz CT molecular complexity index is 566. The lowest BCUT2D eigenvalue weighted by Crippen LogP contribution is -2.52. The Hall–Kier alpha value is -1.47. The molecule has 2 rings (SSSR count). The van der Waals surface area contributed by atoms with Gasteiger partial charge >= 0.3 is 5.97 Å². The second-order valence-electron chi connectivity index (χ2n) is 4.78. The SMILES string of the molecule is CCCN1C(=O)COC(C(=O)O)C1c1ccc(Br)c(F)c1. The normalized spacial score (nSPS) is 22.4. The molecule has 0 aliphatic carbocycles. The largest absolute Gasteiger partial charge is 0.479 e. The molecule has 1 aliphatic heterocycles. The van der Waals surface area contributed by atoms with Gasteiger partial charge in [-0.3, -0.25) is 4.79 Å². The fourth-order valence-corrected chi connectivity index (χ4v) is 2.66. The Morgan fingerprint density at radius 1 is 1.57 bits per heavy atom. The molecule has 0 saturated carbocycles.